The first-order valence-electron chi connectivity index (χ1n) is 5.66. The predicted molar refractivity (Wildman–Crippen MR) is 76.8 cm³/mol. The second-order valence-electron chi connectivity index (χ2n) is 3.99. The summed E-state index contributed by atoms with van der Waals surface area (Å²) in [7, 11) is 0. The van der Waals surface area contributed by atoms with E-state index < -0.39 is 0 Å². The highest BCUT2D eigenvalue weighted by molar-refractivity contribution is 9.10. The van der Waals surface area contributed by atoms with Crippen molar-refractivity contribution in [3.05, 3.63) is 45.5 Å². The monoisotopic (exact) mass is 340 g/mol. The van der Waals surface area contributed by atoms with Crippen molar-refractivity contribution in [2.24, 2.45) is 0 Å². The van der Waals surface area contributed by atoms with Gasteiger partial charge in [0.25, 0.3) is 0 Å². The molecule has 0 radical (unpaired) electrons. The van der Waals surface area contributed by atoms with Crippen molar-refractivity contribution >= 4 is 33.3 Å². The molecule has 4 nitrogen and oxygen atoms in total. The predicted octanol–water partition coefficient (Wildman–Crippen LogP) is 3.84. The lowest BCUT2D eigenvalue weighted by atomic mass is 10.2. The third-order valence-corrected chi connectivity index (χ3v) is 3.54. The lowest BCUT2D eigenvalue weighted by Gasteiger charge is -2.09. The maximum absolute atomic E-state index is 5.85. The summed E-state index contributed by atoms with van der Waals surface area (Å²) in [5, 5.41) is 3.83. The van der Waals surface area contributed by atoms with E-state index in [0.29, 0.717) is 11.6 Å². The molecule has 19 heavy (non-hydrogen) atoms. The van der Waals surface area contributed by atoms with Crippen molar-refractivity contribution in [1.82, 2.24) is 4.98 Å². The molecule has 0 bridgehead atoms. The molecule has 0 spiro atoms. The summed E-state index contributed by atoms with van der Waals surface area (Å²) in [4.78, 5) is 4.22. The van der Waals surface area contributed by atoms with Crippen molar-refractivity contribution in [2.75, 3.05) is 12.1 Å². The summed E-state index contributed by atoms with van der Waals surface area (Å²) in [5.74, 6) is 2.31. The quantitative estimate of drug-likeness (QED) is 0.921. The highest BCUT2D eigenvalue weighted by Crippen LogP contribution is 2.35. The van der Waals surface area contributed by atoms with E-state index in [1.807, 2.05) is 18.2 Å². The number of rotatable bonds is 3. The number of para-hydroxylation sites is 1. The Kier molecular flexibility index (Phi) is 3.48. The number of benzene rings is 1. The van der Waals surface area contributed by atoms with Gasteiger partial charge >= 0.3 is 0 Å². The summed E-state index contributed by atoms with van der Waals surface area (Å²) >= 11 is 9.27. The van der Waals surface area contributed by atoms with Gasteiger partial charge in [-0.3, -0.25) is 0 Å². The van der Waals surface area contributed by atoms with Crippen LogP contribution in [-0.2, 0) is 6.54 Å². The Balaban J connectivity index is 1.78. The Morgan fingerprint density at radius 3 is 3.11 bits per heavy atom. The molecule has 1 aromatic carbocycles. The second kappa shape index (κ2) is 5.27. The van der Waals surface area contributed by atoms with Gasteiger partial charge in [0.05, 0.1) is 9.50 Å². The van der Waals surface area contributed by atoms with E-state index in [1.54, 1.807) is 12.3 Å². The number of hydrogen-bond donors (Lipinski definition) is 1. The van der Waals surface area contributed by atoms with Gasteiger partial charge in [0.1, 0.15) is 5.82 Å². The number of anilines is 1. The summed E-state index contributed by atoms with van der Waals surface area (Å²) in [6.07, 6.45) is 1.60. The molecule has 1 aliphatic heterocycles. The Morgan fingerprint density at radius 1 is 1.37 bits per heavy atom. The number of halogens is 2. The molecule has 1 aromatic heterocycles. The van der Waals surface area contributed by atoms with Crippen LogP contribution in [0.4, 0.5) is 5.82 Å². The zero-order valence-electron chi connectivity index (χ0n) is 9.82. The van der Waals surface area contributed by atoms with Gasteiger partial charge in [-0.2, -0.15) is 0 Å². The van der Waals surface area contributed by atoms with E-state index in [-0.39, 0.29) is 6.79 Å². The van der Waals surface area contributed by atoms with Crippen LogP contribution in [0.2, 0.25) is 5.02 Å². The molecule has 0 atom stereocenters. The molecule has 3 rings (SSSR count). The standard InChI is InChI=1S/C13H10BrClN2O2/c14-10-4-9(15)6-17-13(10)16-5-8-2-1-3-11-12(8)19-7-18-11/h1-4,6H,5,7H2,(H,16,17). The average molecular weight is 342 g/mol. The van der Waals surface area contributed by atoms with Crippen LogP contribution >= 0.6 is 27.5 Å². The van der Waals surface area contributed by atoms with Crippen molar-refractivity contribution in [3.63, 3.8) is 0 Å². The van der Waals surface area contributed by atoms with Crippen molar-refractivity contribution < 1.29 is 9.47 Å². The Morgan fingerprint density at radius 2 is 2.26 bits per heavy atom. The first-order valence-corrected chi connectivity index (χ1v) is 6.83. The van der Waals surface area contributed by atoms with Gasteiger partial charge in [0.2, 0.25) is 6.79 Å². The summed E-state index contributed by atoms with van der Waals surface area (Å²) in [6, 6.07) is 7.62. The van der Waals surface area contributed by atoms with Gasteiger partial charge < -0.3 is 14.8 Å². The molecule has 98 valence electrons. The number of ether oxygens (including phenoxy) is 2. The van der Waals surface area contributed by atoms with Crippen LogP contribution < -0.4 is 14.8 Å². The third kappa shape index (κ3) is 2.62. The van der Waals surface area contributed by atoms with Gasteiger partial charge in [-0.1, -0.05) is 23.7 Å². The van der Waals surface area contributed by atoms with E-state index in [0.717, 1.165) is 27.4 Å². The minimum Gasteiger partial charge on any atom is -0.454 e. The van der Waals surface area contributed by atoms with Crippen LogP contribution in [0.3, 0.4) is 0 Å². The highest BCUT2D eigenvalue weighted by Gasteiger charge is 2.17. The lowest BCUT2D eigenvalue weighted by Crippen LogP contribution is -2.03. The zero-order chi connectivity index (χ0) is 13.2. The van der Waals surface area contributed by atoms with Crippen LogP contribution in [0.5, 0.6) is 11.5 Å². The van der Waals surface area contributed by atoms with E-state index in [1.165, 1.54) is 0 Å². The number of pyridine rings is 1. The normalized spacial score (nSPS) is 12.5. The van der Waals surface area contributed by atoms with Crippen molar-refractivity contribution in [2.45, 2.75) is 6.54 Å². The fourth-order valence-corrected chi connectivity index (χ4v) is 2.63. The van der Waals surface area contributed by atoms with E-state index in [2.05, 4.69) is 26.2 Å². The Bertz CT molecular complexity index is 622. The molecule has 0 unspecified atom stereocenters. The summed E-state index contributed by atoms with van der Waals surface area (Å²) < 4.78 is 11.6. The molecule has 0 amide bonds. The maximum atomic E-state index is 5.85. The largest absolute Gasteiger partial charge is 0.454 e. The van der Waals surface area contributed by atoms with Gasteiger partial charge in [-0.15, -0.1) is 0 Å². The number of hydrogen-bond acceptors (Lipinski definition) is 4. The van der Waals surface area contributed by atoms with E-state index >= 15 is 0 Å². The number of nitrogens with one attached hydrogen (secondary N) is 1. The second-order valence-corrected chi connectivity index (χ2v) is 5.28. The third-order valence-electron chi connectivity index (χ3n) is 2.73. The molecular formula is C13H10BrClN2O2. The maximum Gasteiger partial charge on any atom is 0.231 e. The van der Waals surface area contributed by atoms with Crippen molar-refractivity contribution in [1.29, 1.82) is 0 Å². The lowest BCUT2D eigenvalue weighted by molar-refractivity contribution is 0.173. The molecule has 1 aliphatic rings. The van der Waals surface area contributed by atoms with E-state index in [9.17, 15) is 0 Å². The molecule has 2 aromatic rings. The Labute approximate surface area is 123 Å². The molecular weight excluding hydrogens is 332 g/mol. The molecule has 0 fully saturated rings. The van der Waals surface area contributed by atoms with Gasteiger partial charge in [0, 0.05) is 18.3 Å². The van der Waals surface area contributed by atoms with Gasteiger partial charge in [-0.25, -0.2) is 4.98 Å². The number of nitrogens with zero attached hydrogens (tertiary/aromatic N) is 1. The molecule has 0 saturated heterocycles. The fourth-order valence-electron chi connectivity index (χ4n) is 1.85. The number of aromatic nitrogens is 1. The topological polar surface area (TPSA) is 43.4 Å². The number of fused-ring (bicyclic) bond motifs is 1. The minimum atomic E-state index is 0.273. The smallest absolute Gasteiger partial charge is 0.231 e. The van der Waals surface area contributed by atoms with Crippen LogP contribution in [0, 0.1) is 0 Å². The molecule has 1 N–H and O–H groups in total. The molecule has 6 heteroatoms. The molecule has 0 saturated carbocycles. The highest BCUT2D eigenvalue weighted by atomic mass is 79.9. The Hall–Kier alpha value is -1.46. The van der Waals surface area contributed by atoms with Crippen LogP contribution in [0.1, 0.15) is 5.56 Å². The summed E-state index contributed by atoms with van der Waals surface area (Å²) in [6.45, 7) is 0.870. The van der Waals surface area contributed by atoms with Crippen LogP contribution in [0.25, 0.3) is 0 Å². The average Bonchev–Trinajstić information content (AvgIpc) is 2.86. The minimum absolute atomic E-state index is 0.273. The fraction of sp³-hybridized carbons (Fsp3) is 0.154. The van der Waals surface area contributed by atoms with Crippen LogP contribution in [-0.4, -0.2) is 11.8 Å². The SMILES string of the molecule is Clc1cnc(NCc2cccc3c2OCO3)c(Br)c1. The van der Waals surface area contributed by atoms with E-state index in [4.69, 9.17) is 21.1 Å². The van der Waals surface area contributed by atoms with Crippen molar-refractivity contribution in [3.8, 4) is 11.5 Å². The van der Waals surface area contributed by atoms with Gasteiger partial charge in [0.15, 0.2) is 11.5 Å². The van der Waals surface area contributed by atoms with Gasteiger partial charge in [-0.05, 0) is 28.1 Å². The molecule has 2 heterocycles. The summed E-state index contributed by atoms with van der Waals surface area (Å²) in [5.41, 5.74) is 1.03. The van der Waals surface area contributed by atoms with Crippen LogP contribution in [0.15, 0.2) is 34.9 Å². The first-order chi connectivity index (χ1) is 9.24. The zero-order valence-corrected chi connectivity index (χ0v) is 12.2. The molecule has 0 aliphatic carbocycles. The first kappa shape index (κ1) is 12.6.